The van der Waals surface area contributed by atoms with E-state index in [0.717, 1.165) is 0 Å². The molecule has 0 saturated heterocycles. The molecule has 0 aliphatic rings. The highest BCUT2D eigenvalue weighted by Gasteiger charge is 2.16. The van der Waals surface area contributed by atoms with Crippen molar-refractivity contribution in [3.05, 3.63) is 100 Å². The number of carbonyl (C=O) groups is 1. The Hall–Kier alpha value is -3.99. The Bertz CT molecular complexity index is 1350. The standard InChI is InChI=1S/C24H15Cl2N3O4/c25-16-11-18(26)24(28-13-16)33-21-8-4-2-6-19(21)29-23(30)22-10-9-17(32-22)14-31-20-7-3-1-5-15(20)12-27/h1-11,13H,14H2,(H,29,30). The number of amides is 1. The first kappa shape index (κ1) is 22.2. The fourth-order valence-electron chi connectivity index (χ4n) is 2.84. The lowest BCUT2D eigenvalue weighted by molar-refractivity contribution is 0.0992. The summed E-state index contributed by atoms with van der Waals surface area (Å²) >= 11 is 12.0. The van der Waals surface area contributed by atoms with Crippen LogP contribution in [0.15, 0.2) is 77.3 Å². The molecule has 2 aromatic heterocycles. The second kappa shape index (κ2) is 10.1. The predicted octanol–water partition coefficient (Wildman–Crippen LogP) is 6.48. The van der Waals surface area contributed by atoms with Crippen LogP contribution >= 0.6 is 23.2 Å². The smallest absolute Gasteiger partial charge is 0.291 e. The number of hydrogen-bond acceptors (Lipinski definition) is 6. The summed E-state index contributed by atoms with van der Waals surface area (Å²) in [5.41, 5.74) is 0.807. The van der Waals surface area contributed by atoms with E-state index in [4.69, 9.17) is 42.4 Å². The number of rotatable bonds is 7. The molecule has 0 fully saturated rings. The Morgan fingerprint density at radius 1 is 1.06 bits per heavy atom. The van der Waals surface area contributed by atoms with Gasteiger partial charge < -0.3 is 19.2 Å². The number of aromatic nitrogens is 1. The van der Waals surface area contributed by atoms with Gasteiger partial charge in [0.05, 0.1) is 16.3 Å². The summed E-state index contributed by atoms with van der Waals surface area (Å²) in [5.74, 6) is 0.950. The Kier molecular flexibility index (Phi) is 6.79. The molecule has 4 rings (SSSR count). The zero-order valence-electron chi connectivity index (χ0n) is 16.9. The zero-order valence-corrected chi connectivity index (χ0v) is 18.4. The molecule has 2 heterocycles. The van der Waals surface area contributed by atoms with E-state index in [2.05, 4.69) is 16.4 Å². The molecule has 0 aliphatic carbocycles. The number of nitrogens with one attached hydrogen (secondary N) is 1. The SMILES string of the molecule is N#Cc1ccccc1OCc1ccc(C(=O)Nc2ccccc2Oc2ncc(Cl)cc2Cl)o1. The number of para-hydroxylation sites is 3. The number of nitrogens with zero attached hydrogens (tertiary/aromatic N) is 2. The number of furan rings is 1. The van der Waals surface area contributed by atoms with Gasteiger partial charge in [-0.15, -0.1) is 0 Å². The molecule has 1 amide bonds. The lowest BCUT2D eigenvalue weighted by Gasteiger charge is -2.12. The summed E-state index contributed by atoms with van der Waals surface area (Å²) in [6.45, 7) is 0.0619. The first-order valence-electron chi connectivity index (χ1n) is 9.63. The van der Waals surface area contributed by atoms with E-state index in [9.17, 15) is 4.79 Å². The first-order chi connectivity index (χ1) is 16.0. The number of ether oxygens (including phenoxy) is 2. The van der Waals surface area contributed by atoms with Crippen molar-refractivity contribution in [1.82, 2.24) is 4.98 Å². The molecule has 7 nitrogen and oxygen atoms in total. The van der Waals surface area contributed by atoms with Crippen molar-refractivity contribution in [2.24, 2.45) is 0 Å². The highest BCUT2D eigenvalue weighted by atomic mass is 35.5. The lowest BCUT2D eigenvalue weighted by atomic mass is 10.2. The Balaban J connectivity index is 1.44. The van der Waals surface area contributed by atoms with Gasteiger partial charge in [-0.3, -0.25) is 4.79 Å². The van der Waals surface area contributed by atoms with E-state index in [1.165, 1.54) is 18.3 Å². The molecule has 4 aromatic rings. The molecule has 1 N–H and O–H groups in total. The predicted molar refractivity (Wildman–Crippen MR) is 123 cm³/mol. The van der Waals surface area contributed by atoms with Gasteiger partial charge in [0, 0.05) is 6.20 Å². The number of carbonyl (C=O) groups excluding carboxylic acids is 1. The Morgan fingerprint density at radius 2 is 1.82 bits per heavy atom. The second-order valence-corrected chi connectivity index (χ2v) is 7.50. The minimum Gasteiger partial charge on any atom is -0.484 e. The molecule has 0 saturated carbocycles. The van der Waals surface area contributed by atoms with Crippen molar-refractivity contribution in [3.8, 4) is 23.4 Å². The average Bonchev–Trinajstić information content (AvgIpc) is 3.30. The van der Waals surface area contributed by atoms with Crippen molar-refractivity contribution in [2.45, 2.75) is 6.61 Å². The van der Waals surface area contributed by atoms with Crippen LogP contribution in [0.5, 0.6) is 17.4 Å². The molecule has 0 radical (unpaired) electrons. The van der Waals surface area contributed by atoms with Crippen molar-refractivity contribution in [1.29, 1.82) is 5.26 Å². The van der Waals surface area contributed by atoms with Crippen molar-refractivity contribution >= 4 is 34.8 Å². The maximum absolute atomic E-state index is 12.7. The van der Waals surface area contributed by atoms with Gasteiger partial charge in [-0.25, -0.2) is 4.98 Å². The third-order valence-electron chi connectivity index (χ3n) is 4.38. The number of anilines is 1. The number of benzene rings is 2. The van der Waals surface area contributed by atoms with Crippen molar-refractivity contribution in [3.63, 3.8) is 0 Å². The zero-order chi connectivity index (χ0) is 23.2. The van der Waals surface area contributed by atoms with E-state index in [1.54, 1.807) is 54.6 Å². The van der Waals surface area contributed by atoms with Gasteiger partial charge in [0.25, 0.3) is 5.91 Å². The third-order valence-corrected chi connectivity index (χ3v) is 4.86. The maximum Gasteiger partial charge on any atom is 0.291 e. The third kappa shape index (κ3) is 5.44. The Labute approximate surface area is 199 Å². The van der Waals surface area contributed by atoms with E-state index >= 15 is 0 Å². The first-order valence-corrected chi connectivity index (χ1v) is 10.4. The molecule has 164 valence electrons. The molecule has 0 aliphatic heterocycles. The van der Waals surface area contributed by atoms with Crippen LogP contribution in [0.4, 0.5) is 5.69 Å². The van der Waals surface area contributed by atoms with Crippen LogP contribution in [-0.2, 0) is 6.61 Å². The van der Waals surface area contributed by atoms with E-state index in [0.29, 0.717) is 33.5 Å². The summed E-state index contributed by atoms with van der Waals surface area (Å²) in [6.07, 6.45) is 1.41. The fraction of sp³-hybridized carbons (Fsp3) is 0.0417. The lowest BCUT2D eigenvalue weighted by Crippen LogP contribution is -2.11. The van der Waals surface area contributed by atoms with Crippen LogP contribution in [-0.4, -0.2) is 10.9 Å². The van der Waals surface area contributed by atoms with Gasteiger partial charge in [-0.1, -0.05) is 47.5 Å². The van der Waals surface area contributed by atoms with Gasteiger partial charge >= 0.3 is 0 Å². The summed E-state index contributed by atoms with van der Waals surface area (Å²) in [6, 6.07) is 20.4. The van der Waals surface area contributed by atoms with Crippen LogP contribution in [0.2, 0.25) is 10.0 Å². The average molecular weight is 480 g/mol. The summed E-state index contributed by atoms with van der Waals surface area (Å²) in [5, 5.41) is 12.5. The summed E-state index contributed by atoms with van der Waals surface area (Å²) in [4.78, 5) is 16.8. The van der Waals surface area contributed by atoms with Crippen molar-refractivity contribution in [2.75, 3.05) is 5.32 Å². The Morgan fingerprint density at radius 3 is 2.61 bits per heavy atom. The van der Waals surface area contributed by atoms with E-state index < -0.39 is 5.91 Å². The normalized spacial score (nSPS) is 10.3. The number of nitriles is 1. The molecule has 9 heteroatoms. The van der Waals surface area contributed by atoms with E-state index in [-0.39, 0.29) is 23.3 Å². The van der Waals surface area contributed by atoms with E-state index in [1.807, 2.05) is 0 Å². The number of halogens is 2. The minimum absolute atomic E-state index is 0.0619. The van der Waals surface area contributed by atoms with Crippen LogP contribution in [0.3, 0.4) is 0 Å². The number of pyridine rings is 1. The quantitative estimate of drug-likeness (QED) is 0.325. The van der Waals surface area contributed by atoms with Crippen LogP contribution < -0.4 is 14.8 Å². The molecule has 0 atom stereocenters. The second-order valence-electron chi connectivity index (χ2n) is 6.66. The number of hydrogen-bond donors (Lipinski definition) is 1. The van der Waals surface area contributed by atoms with Gasteiger partial charge in [0.2, 0.25) is 5.88 Å². The van der Waals surface area contributed by atoms with Gasteiger partial charge in [-0.2, -0.15) is 5.26 Å². The molecule has 0 spiro atoms. The van der Waals surface area contributed by atoms with Crippen LogP contribution in [0.1, 0.15) is 21.9 Å². The molecule has 0 unspecified atom stereocenters. The molecular weight excluding hydrogens is 465 g/mol. The van der Waals surface area contributed by atoms with Crippen LogP contribution in [0, 0.1) is 11.3 Å². The minimum atomic E-state index is -0.482. The molecular formula is C24H15Cl2N3O4. The summed E-state index contributed by atoms with van der Waals surface area (Å²) in [7, 11) is 0. The van der Waals surface area contributed by atoms with Gasteiger partial charge in [0.15, 0.2) is 11.5 Å². The van der Waals surface area contributed by atoms with Crippen molar-refractivity contribution < 1.29 is 18.7 Å². The molecule has 0 bridgehead atoms. The largest absolute Gasteiger partial charge is 0.484 e. The fourth-order valence-corrected chi connectivity index (χ4v) is 3.25. The topological polar surface area (TPSA) is 97.4 Å². The van der Waals surface area contributed by atoms with Gasteiger partial charge in [0.1, 0.15) is 29.2 Å². The monoisotopic (exact) mass is 479 g/mol. The maximum atomic E-state index is 12.7. The molecule has 33 heavy (non-hydrogen) atoms. The summed E-state index contributed by atoms with van der Waals surface area (Å²) < 4.78 is 17.0. The van der Waals surface area contributed by atoms with Gasteiger partial charge in [-0.05, 0) is 42.5 Å². The molecule has 2 aromatic carbocycles. The highest BCUT2D eigenvalue weighted by molar-refractivity contribution is 6.35. The highest BCUT2D eigenvalue weighted by Crippen LogP contribution is 2.33. The van der Waals surface area contributed by atoms with Crippen LogP contribution in [0.25, 0.3) is 0 Å².